The topological polar surface area (TPSA) is 32.6 Å². The third-order valence-electron chi connectivity index (χ3n) is 3.62. The molecule has 1 N–H and O–H groups in total. The van der Waals surface area contributed by atoms with Gasteiger partial charge in [-0.3, -0.25) is 4.99 Å². The number of rotatable bonds is 4. The Bertz CT molecular complexity index is 616. The fourth-order valence-electron chi connectivity index (χ4n) is 2.14. The highest BCUT2D eigenvalue weighted by molar-refractivity contribution is 6.05. The van der Waals surface area contributed by atoms with Gasteiger partial charge in [0.15, 0.2) is 0 Å². The maximum absolute atomic E-state index is 10.1. The van der Waals surface area contributed by atoms with Gasteiger partial charge in [-0.15, -0.1) is 0 Å². The predicted molar refractivity (Wildman–Crippen MR) is 84.9 cm³/mol. The average molecular weight is 267 g/mol. The summed E-state index contributed by atoms with van der Waals surface area (Å²) in [5.41, 5.74) is 3.87. The molecule has 20 heavy (non-hydrogen) atoms. The van der Waals surface area contributed by atoms with Gasteiger partial charge in [0.1, 0.15) is 5.75 Å². The number of hydrogen-bond donors (Lipinski definition) is 1. The minimum absolute atomic E-state index is 0.292. The molecule has 104 valence electrons. The lowest BCUT2D eigenvalue weighted by atomic mass is 9.95. The highest BCUT2D eigenvalue weighted by atomic mass is 16.3. The van der Waals surface area contributed by atoms with E-state index < -0.39 is 0 Å². The van der Waals surface area contributed by atoms with Crippen molar-refractivity contribution in [3.8, 4) is 5.75 Å². The van der Waals surface area contributed by atoms with E-state index >= 15 is 0 Å². The van der Waals surface area contributed by atoms with Crippen molar-refractivity contribution >= 4 is 11.4 Å². The van der Waals surface area contributed by atoms with E-state index in [4.69, 9.17) is 4.99 Å². The Balaban J connectivity index is 2.55. The molecule has 0 aliphatic heterocycles. The van der Waals surface area contributed by atoms with Crippen molar-refractivity contribution < 1.29 is 5.11 Å². The molecule has 0 spiro atoms. The number of hydrogen-bond acceptors (Lipinski definition) is 2. The van der Waals surface area contributed by atoms with Crippen LogP contribution in [0.2, 0.25) is 0 Å². The lowest BCUT2D eigenvalue weighted by Crippen LogP contribution is -2.12. The van der Waals surface area contributed by atoms with E-state index in [1.165, 1.54) is 0 Å². The first-order valence-corrected chi connectivity index (χ1v) is 7.06. The van der Waals surface area contributed by atoms with Crippen molar-refractivity contribution in [1.82, 2.24) is 0 Å². The summed E-state index contributed by atoms with van der Waals surface area (Å²) in [6.45, 7) is 6.33. The van der Waals surface area contributed by atoms with Gasteiger partial charge in [-0.2, -0.15) is 0 Å². The van der Waals surface area contributed by atoms with Crippen LogP contribution >= 0.6 is 0 Å². The number of aliphatic imine (C=N–C) groups is 1. The van der Waals surface area contributed by atoms with Gasteiger partial charge >= 0.3 is 0 Å². The minimum atomic E-state index is 0.292. The lowest BCUT2D eigenvalue weighted by molar-refractivity contribution is 0.473. The molecule has 2 rings (SSSR count). The van der Waals surface area contributed by atoms with Crippen LogP contribution in [0.5, 0.6) is 5.75 Å². The van der Waals surface area contributed by atoms with Crippen LogP contribution in [-0.4, -0.2) is 10.8 Å². The molecular weight excluding hydrogens is 246 g/mol. The monoisotopic (exact) mass is 267 g/mol. The molecule has 0 aromatic heterocycles. The zero-order valence-corrected chi connectivity index (χ0v) is 12.3. The molecule has 0 saturated carbocycles. The summed E-state index contributed by atoms with van der Waals surface area (Å²) in [6.07, 6.45) is 0.985. The van der Waals surface area contributed by atoms with E-state index in [2.05, 4.69) is 26.8 Å². The van der Waals surface area contributed by atoms with E-state index in [0.717, 1.165) is 28.9 Å². The summed E-state index contributed by atoms with van der Waals surface area (Å²) in [5, 5.41) is 10.1. The standard InChI is InChI=1S/C18H21NO/c1-4-13(2)18(15-10-6-8-12-17(15)20)19-16-11-7-5-9-14(16)3/h5-13,20H,4H2,1-3H3. The van der Waals surface area contributed by atoms with Gasteiger partial charge in [-0.25, -0.2) is 0 Å². The van der Waals surface area contributed by atoms with Gasteiger partial charge in [-0.05, 0) is 43.0 Å². The molecule has 2 nitrogen and oxygen atoms in total. The highest BCUT2D eigenvalue weighted by Crippen LogP contribution is 2.26. The molecule has 2 heteroatoms. The van der Waals surface area contributed by atoms with E-state index in [1.807, 2.05) is 36.4 Å². The van der Waals surface area contributed by atoms with Crippen molar-refractivity contribution in [2.75, 3.05) is 0 Å². The number of para-hydroxylation sites is 2. The Hall–Kier alpha value is -2.09. The number of benzene rings is 2. The van der Waals surface area contributed by atoms with Crippen LogP contribution in [0.1, 0.15) is 31.4 Å². The molecule has 0 amide bonds. The second-order valence-corrected chi connectivity index (χ2v) is 5.11. The first-order chi connectivity index (χ1) is 9.63. The molecule has 1 atom stereocenters. The Kier molecular flexibility index (Phi) is 4.57. The Morgan fingerprint density at radius 2 is 1.75 bits per heavy atom. The van der Waals surface area contributed by atoms with Crippen LogP contribution < -0.4 is 0 Å². The first-order valence-electron chi connectivity index (χ1n) is 7.06. The molecule has 0 bridgehead atoms. The molecule has 0 radical (unpaired) electrons. The van der Waals surface area contributed by atoms with Crippen molar-refractivity contribution in [3.05, 3.63) is 59.7 Å². The fraction of sp³-hybridized carbons (Fsp3) is 0.278. The fourth-order valence-corrected chi connectivity index (χ4v) is 2.14. The van der Waals surface area contributed by atoms with Crippen molar-refractivity contribution in [3.63, 3.8) is 0 Å². The molecule has 2 aromatic carbocycles. The summed E-state index contributed by atoms with van der Waals surface area (Å²) in [6, 6.07) is 15.5. The van der Waals surface area contributed by atoms with Crippen molar-refractivity contribution in [1.29, 1.82) is 0 Å². The Labute approximate surface area is 120 Å². The van der Waals surface area contributed by atoms with Crippen LogP contribution in [0.15, 0.2) is 53.5 Å². The largest absolute Gasteiger partial charge is 0.507 e. The van der Waals surface area contributed by atoms with E-state index in [9.17, 15) is 5.11 Å². The van der Waals surface area contributed by atoms with Gasteiger partial charge in [0, 0.05) is 5.56 Å². The number of aromatic hydroxyl groups is 1. The number of phenols is 1. The SMILES string of the molecule is CCC(C)C(=Nc1ccccc1C)c1ccccc1O. The minimum Gasteiger partial charge on any atom is -0.507 e. The van der Waals surface area contributed by atoms with Crippen molar-refractivity contribution in [2.24, 2.45) is 10.9 Å². The normalized spacial score (nSPS) is 13.2. The maximum Gasteiger partial charge on any atom is 0.124 e. The van der Waals surface area contributed by atoms with E-state index in [0.29, 0.717) is 11.7 Å². The number of nitrogens with zero attached hydrogens (tertiary/aromatic N) is 1. The highest BCUT2D eigenvalue weighted by Gasteiger charge is 2.15. The van der Waals surface area contributed by atoms with Crippen molar-refractivity contribution in [2.45, 2.75) is 27.2 Å². The Morgan fingerprint density at radius 3 is 2.40 bits per heavy atom. The number of phenolic OH excluding ortho intramolecular Hbond substituents is 1. The molecule has 0 saturated heterocycles. The third-order valence-corrected chi connectivity index (χ3v) is 3.62. The first kappa shape index (κ1) is 14.3. The molecule has 0 fully saturated rings. The average Bonchev–Trinajstić information content (AvgIpc) is 2.47. The van der Waals surface area contributed by atoms with Gasteiger partial charge in [0.05, 0.1) is 11.4 Å². The number of aryl methyl sites for hydroxylation is 1. The third kappa shape index (κ3) is 3.08. The Morgan fingerprint density at radius 1 is 1.10 bits per heavy atom. The van der Waals surface area contributed by atoms with Gasteiger partial charge < -0.3 is 5.11 Å². The molecular formula is C18H21NO. The van der Waals surface area contributed by atoms with E-state index in [1.54, 1.807) is 6.07 Å². The second kappa shape index (κ2) is 6.38. The maximum atomic E-state index is 10.1. The van der Waals surface area contributed by atoms with Crippen LogP contribution in [0.4, 0.5) is 5.69 Å². The molecule has 1 unspecified atom stereocenters. The smallest absolute Gasteiger partial charge is 0.124 e. The summed E-state index contributed by atoms with van der Waals surface area (Å²) in [4.78, 5) is 4.82. The molecule has 0 aliphatic carbocycles. The molecule has 2 aromatic rings. The van der Waals surface area contributed by atoms with Gasteiger partial charge in [0.2, 0.25) is 0 Å². The zero-order valence-electron chi connectivity index (χ0n) is 12.3. The molecule has 0 heterocycles. The van der Waals surface area contributed by atoms with Crippen LogP contribution in [0.25, 0.3) is 0 Å². The lowest BCUT2D eigenvalue weighted by Gasteiger charge is -2.15. The summed E-state index contributed by atoms with van der Waals surface area (Å²) in [7, 11) is 0. The summed E-state index contributed by atoms with van der Waals surface area (Å²) in [5.74, 6) is 0.586. The molecule has 0 aliphatic rings. The zero-order chi connectivity index (χ0) is 14.5. The predicted octanol–water partition coefficient (Wildman–Crippen LogP) is 4.87. The van der Waals surface area contributed by atoms with Crippen LogP contribution in [0, 0.1) is 12.8 Å². The van der Waals surface area contributed by atoms with Crippen LogP contribution in [-0.2, 0) is 0 Å². The summed E-state index contributed by atoms with van der Waals surface area (Å²) < 4.78 is 0. The van der Waals surface area contributed by atoms with Crippen LogP contribution in [0.3, 0.4) is 0 Å². The second-order valence-electron chi connectivity index (χ2n) is 5.11. The summed E-state index contributed by atoms with van der Waals surface area (Å²) >= 11 is 0. The van der Waals surface area contributed by atoms with E-state index in [-0.39, 0.29) is 0 Å². The van der Waals surface area contributed by atoms with Gasteiger partial charge in [-0.1, -0.05) is 44.2 Å². The van der Waals surface area contributed by atoms with Gasteiger partial charge in [0.25, 0.3) is 0 Å². The quantitative estimate of drug-likeness (QED) is 0.788.